The Morgan fingerprint density at radius 2 is 1.75 bits per heavy atom. The predicted octanol–water partition coefficient (Wildman–Crippen LogP) is 5.53. The van der Waals surface area contributed by atoms with Crippen LogP contribution < -0.4 is 5.32 Å². The Bertz CT molecular complexity index is 871. The second kappa shape index (κ2) is 7.11. The normalized spacial score (nSPS) is 13.1. The smallest absolute Gasteiger partial charge is 0.356 e. The number of benzene rings is 2. The van der Waals surface area contributed by atoms with Crippen molar-refractivity contribution >= 4 is 40.1 Å². The first-order valence-electron chi connectivity index (χ1n) is 7.36. The minimum Gasteiger partial charge on any atom is -0.368 e. The molecule has 0 spiro atoms. The van der Waals surface area contributed by atoms with Gasteiger partial charge in [-0.25, -0.2) is 0 Å². The lowest BCUT2D eigenvalue weighted by Gasteiger charge is -2.26. The van der Waals surface area contributed by atoms with Crippen LogP contribution in [0.4, 0.5) is 5.69 Å². The Morgan fingerprint density at radius 3 is 2.42 bits per heavy atom. The molecule has 0 aliphatic heterocycles. The molecule has 24 heavy (non-hydrogen) atoms. The van der Waals surface area contributed by atoms with E-state index in [0.717, 1.165) is 26.6 Å². The Hall–Kier alpha value is -1.59. The number of aromatic nitrogens is 1. The van der Waals surface area contributed by atoms with Gasteiger partial charge in [-0.15, -0.1) is 0 Å². The minimum atomic E-state index is -3.40. The number of nitrogens with one attached hydrogen (secondary N) is 2. The van der Waals surface area contributed by atoms with Gasteiger partial charge in [-0.05, 0) is 30.3 Å². The molecule has 0 saturated heterocycles. The fourth-order valence-electron chi connectivity index (χ4n) is 2.64. The van der Waals surface area contributed by atoms with E-state index in [4.69, 9.17) is 9.05 Å². The van der Waals surface area contributed by atoms with Crippen molar-refractivity contribution < 1.29 is 13.6 Å². The fraction of sp³-hybridized carbons (Fsp3) is 0.176. The first-order chi connectivity index (χ1) is 11.6. The number of rotatable bonds is 6. The van der Waals surface area contributed by atoms with E-state index in [0.29, 0.717) is 0 Å². The van der Waals surface area contributed by atoms with Gasteiger partial charge in [0.15, 0.2) is 5.78 Å². The van der Waals surface area contributed by atoms with Gasteiger partial charge in [0.05, 0.1) is 0 Å². The number of hydrogen-bond acceptors (Lipinski definition) is 4. The molecule has 1 aromatic heterocycles. The third kappa shape index (κ3) is 3.28. The number of aromatic amines is 1. The molecule has 1 heterocycles. The maximum absolute atomic E-state index is 13.1. The Labute approximate surface area is 149 Å². The molecule has 0 radical (unpaired) electrons. The summed E-state index contributed by atoms with van der Waals surface area (Å²) in [5.41, 5.74) is 2.62. The molecule has 0 unspecified atom stereocenters. The topological polar surface area (TPSA) is 63.4 Å². The summed E-state index contributed by atoms with van der Waals surface area (Å²) in [4.78, 5) is 3.20. The van der Waals surface area contributed by atoms with Gasteiger partial charge in [0, 0.05) is 47.0 Å². The standard InChI is InChI=1S/C17H18BrN2O3P/c1-22-24(21,23-2)17(20-13-9-7-12(18)8-10-13)15-11-19-16-6-4-3-5-14(15)16/h3-11,17,19-20H,1-2H3/t17-/m1/s1. The SMILES string of the molecule is COP(=O)(OC)[C@@H](Nc1ccc(Br)cc1)c1c[nH]c2ccccc12. The molecule has 5 nitrogen and oxygen atoms in total. The molecule has 0 amide bonds. The summed E-state index contributed by atoms with van der Waals surface area (Å²) in [5.74, 6) is -0.634. The van der Waals surface area contributed by atoms with E-state index in [9.17, 15) is 4.57 Å². The van der Waals surface area contributed by atoms with Crippen LogP contribution in [0, 0.1) is 0 Å². The molecule has 0 aliphatic carbocycles. The zero-order chi connectivity index (χ0) is 17.2. The van der Waals surface area contributed by atoms with Crippen molar-refractivity contribution in [2.24, 2.45) is 0 Å². The average molecular weight is 409 g/mol. The van der Waals surface area contributed by atoms with E-state index in [1.54, 1.807) is 0 Å². The third-order valence-corrected chi connectivity index (χ3v) is 6.47. The zero-order valence-electron chi connectivity index (χ0n) is 13.3. The average Bonchev–Trinajstić information content (AvgIpc) is 3.04. The van der Waals surface area contributed by atoms with Gasteiger partial charge in [0.2, 0.25) is 0 Å². The lowest BCUT2D eigenvalue weighted by molar-refractivity contribution is 0.268. The monoisotopic (exact) mass is 408 g/mol. The summed E-state index contributed by atoms with van der Waals surface area (Å²) in [7, 11) is -0.608. The summed E-state index contributed by atoms with van der Waals surface area (Å²) in [6.07, 6.45) is 1.84. The highest BCUT2D eigenvalue weighted by atomic mass is 79.9. The van der Waals surface area contributed by atoms with Crippen molar-refractivity contribution in [2.45, 2.75) is 5.78 Å². The van der Waals surface area contributed by atoms with Gasteiger partial charge in [-0.2, -0.15) is 0 Å². The van der Waals surface area contributed by atoms with E-state index < -0.39 is 13.4 Å². The summed E-state index contributed by atoms with van der Waals surface area (Å²) in [6, 6.07) is 15.5. The van der Waals surface area contributed by atoms with Crippen LogP contribution in [-0.2, 0) is 13.6 Å². The van der Waals surface area contributed by atoms with Gasteiger partial charge in [0.25, 0.3) is 0 Å². The fourth-order valence-corrected chi connectivity index (χ4v) is 4.33. The molecule has 2 N–H and O–H groups in total. The van der Waals surface area contributed by atoms with E-state index in [1.807, 2.05) is 54.7 Å². The Kier molecular flexibility index (Phi) is 5.11. The number of fused-ring (bicyclic) bond motifs is 1. The van der Waals surface area contributed by atoms with E-state index in [-0.39, 0.29) is 0 Å². The summed E-state index contributed by atoms with van der Waals surface area (Å²) in [5, 5.41) is 4.26. The molecule has 0 bridgehead atoms. The Balaban J connectivity index is 2.08. The number of para-hydroxylation sites is 1. The predicted molar refractivity (Wildman–Crippen MR) is 100 cm³/mol. The van der Waals surface area contributed by atoms with Gasteiger partial charge >= 0.3 is 7.60 Å². The van der Waals surface area contributed by atoms with Gasteiger partial charge < -0.3 is 19.3 Å². The van der Waals surface area contributed by atoms with Crippen LogP contribution in [0.15, 0.2) is 59.2 Å². The van der Waals surface area contributed by atoms with Crippen LogP contribution in [0.25, 0.3) is 10.9 Å². The maximum atomic E-state index is 13.1. The summed E-state index contributed by atoms with van der Waals surface area (Å²) in [6.45, 7) is 0. The molecule has 3 rings (SSSR count). The van der Waals surface area contributed by atoms with E-state index >= 15 is 0 Å². The first-order valence-corrected chi connectivity index (χ1v) is 9.77. The number of hydrogen-bond donors (Lipinski definition) is 2. The largest absolute Gasteiger partial charge is 0.368 e. The Morgan fingerprint density at radius 1 is 1.08 bits per heavy atom. The lowest BCUT2D eigenvalue weighted by atomic mass is 10.1. The number of anilines is 1. The highest BCUT2D eigenvalue weighted by Crippen LogP contribution is 2.60. The van der Waals surface area contributed by atoms with Crippen molar-refractivity contribution in [3.63, 3.8) is 0 Å². The highest BCUT2D eigenvalue weighted by molar-refractivity contribution is 9.10. The highest BCUT2D eigenvalue weighted by Gasteiger charge is 2.37. The zero-order valence-corrected chi connectivity index (χ0v) is 15.8. The number of halogens is 1. The molecule has 2 aromatic carbocycles. The summed E-state index contributed by atoms with van der Waals surface area (Å²) < 4.78 is 24.6. The molecule has 7 heteroatoms. The van der Waals surface area contributed by atoms with Crippen LogP contribution in [-0.4, -0.2) is 19.2 Å². The van der Waals surface area contributed by atoms with Gasteiger partial charge in [0.1, 0.15) is 0 Å². The van der Waals surface area contributed by atoms with Crippen molar-refractivity contribution in [3.8, 4) is 0 Å². The van der Waals surface area contributed by atoms with Crippen LogP contribution in [0.3, 0.4) is 0 Å². The summed E-state index contributed by atoms with van der Waals surface area (Å²) >= 11 is 3.41. The van der Waals surface area contributed by atoms with Crippen molar-refractivity contribution in [3.05, 3.63) is 64.8 Å². The molecular formula is C17H18BrN2O3P. The molecule has 126 valence electrons. The van der Waals surface area contributed by atoms with Crippen LogP contribution in [0.1, 0.15) is 11.3 Å². The van der Waals surface area contributed by atoms with Crippen molar-refractivity contribution in [1.82, 2.24) is 4.98 Å². The molecule has 1 atom stereocenters. The van der Waals surface area contributed by atoms with Crippen molar-refractivity contribution in [1.29, 1.82) is 0 Å². The molecular weight excluding hydrogens is 391 g/mol. The second-order valence-corrected chi connectivity index (χ2v) is 8.49. The van der Waals surface area contributed by atoms with Crippen molar-refractivity contribution in [2.75, 3.05) is 19.5 Å². The molecule has 0 saturated carbocycles. The molecule has 0 fully saturated rings. The van der Waals surface area contributed by atoms with Gasteiger partial charge in [-0.3, -0.25) is 4.57 Å². The first kappa shape index (κ1) is 17.2. The second-order valence-electron chi connectivity index (χ2n) is 5.25. The van der Waals surface area contributed by atoms with Crippen LogP contribution in [0.2, 0.25) is 0 Å². The van der Waals surface area contributed by atoms with Crippen LogP contribution >= 0.6 is 23.5 Å². The lowest BCUT2D eigenvalue weighted by Crippen LogP contribution is -2.13. The number of H-pyrrole nitrogens is 1. The molecule has 0 aliphatic rings. The minimum absolute atomic E-state index is 0.634. The van der Waals surface area contributed by atoms with E-state index in [1.165, 1.54) is 14.2 Å². The van der Waals surface area contributed by atoms with Crippen LogP contribution in [0.5, 0.6) is 0 Å². The maximum Gasteiger partial charge on any atom is 0.356 e. The van der Waals surface area contributed by atoms with Gasteiger partial charge in [-0.1, -0.05) is 34.1 Å². The van der Waals surface area contributed by atoms with E-state index in [2.05, 4.69) is 26.2 Å². The molecule has 3 aromatic rings. The quantitative estimate of drug-likeness (QED) is 0.526. The third-order valence-electron chi connectivity index (χ3n) is 3.89.